The summed E-state index contributed by atoms with van der Waals surface area (Å²) in [4.78, 5) is 81.7. The largest absolute Gasteiger partial charge is 0.497 e. The molecule has 22 heteroatoms. The van der Waals surface area contributed by atoms with E-state index in [1.54, 1.807) is 38.5 Å². The van der Waals surface area contributed by atoms with E-state index in [-0.39, 0.29) is 37.0 Å². The van der Waals surface area contributed by atoms with E-state index in [1.165, 1.54) is 40.1 Å². The number of aromatic nitrogens is 4. The minimum absolute atomic E-state index is 0.0923. The van der Waals surface area contributed by atoms with Gasteiger partial charge in [0.2, 0.25) is 0 Å². The molecule has 0 aliphatic carbocycles. The molecule has 0 radical (unpaired) electrons. The highest BCUT2D eigenvalue weighted by molar-refractivity contribution is 7.54. The van der Waals surface area contributed by atoms with Gasteiger partial charge in [0.15, 0.2) is 0 Å². The van der Waals surface area contributed by atoms with Crippen LogP contribution in [0.2, 0.25) is 0 Å². The zero-order chi connectivity index (χ0) is 52.0. The molecule has 3 aromatic carbocycles. The van der Waals surface area contributed by atoms with Gasteiger partial charge in [-0.2, -0.15) is 5.26 Å². The highest BCUT2D eigenvalue weighted by Gasteiger charge is 2.48. The molecule has 72 heavy (non-hydrogen) atoms. The first-order valence-corrected chi connectivity index (χ1v) is 24.6. The van der Waals surface area contributed by atoms with Crippen molar-refractivity contribution in [1.82, 2.24) is 19.1 Å². The SMILES string of the molecule is COc1ccc(C(OC[C@H]2O[C@@H](n3cc(C)c(=O)[nH]c3=O)C[C@@H]2OP(=O)(CC(=O)OC(C)(C)CC#N)OC[C@H]2O[C@@H](n3cc(C)c(=O)[nH]c3=O)C[C@@H]2OC(C)=O)(c2ccccc2)c2ccc(OC)cc2)cc1. The van der Waals surface area contributed by atoms with Crippen LogP contribution in [0, 0.1) is 25.2 Å². The molecule has 2 aliphatic rings. The molecule has 7 rings (SSSR count). The van der Waals surface area contributed by atoms with E-state index < -0.39 is 103 Å². The van der Waals surface area contributed by atoms with Crippen LogP contribution >= 0.6 is 7.60 Å². The maximum Gasteiger partial charge on any atom is 0.342 e. The lowest BCUT2D eigenvalue weighted by molar-refractivity contribution is -0.153. The van der Waals surface area contributed by atoms with Crippen molar-refractivity contribution in [3.8, 4) is 17.6 Å². The predicted molar refractivity (Wildman–Crippen MR) is 257 cm³/mol. The van der Waals surface area contributed by atoms with Gasteiger partial charge in [0, 0.05) is 43.3 Å². The number of aromatic amines is 2. The highest BCUT2D eigenvalue weighted by atomic mass is 31.2. The molecule has 2 N–H and O–H groups in total. The molecule has 0 bridgehead atoms. The Kier molecular flexibility index (Phi) is 16.3. The number of hydrogen-bond donors (Lipinski definition) is 2. The number of H-pyrrole nitrogens is 2. The molecule has 382 valence electrons. The number of esters is 2. The molecule has 2 fully saturated rings. The molecule has 5 aromatic rings. The normalized spacial score (nSPS) is 20.8. The Bertz CT molecular complexity index is 3020. The maximum atomic E-state index is 15.4. The van der Waals surface area contributed by atoms with E-state index in [1.807, 2.05) is 60.7 Å². The van der Waals surface area contributed by atoms with Crippen LogP contribution in [-0.4, -0.2) is 94.7 Å². The summed E-state index contributed by atoms with van der Waals surface area (Å²) in [5.74, 6) is -0.608. The standard InChI is InChI=1S/C50H56N5O16P/c1-30-25-54(47(60)52-45(30)58)42-23-38(67-32(3)56)41(69-42)28-66-72(62,29-44(57)70-49(4,5)21-22-51)71-39-24-43(55-26-31(2)46(59)53-48(55)61)68-40(39)27-65-50(33-11-9-8-10-12-33,34-13-17-36(63-6)18-14-34)35-15-19-37(64-7)20-16-35/h8-20,25-26,38-43H,21,23-24,27-29H2,1-7H3,(H,52,58,60)(H,53,59,61)/t38-,39-,40+,41+,42+,43+,72?/m0/s1. The number of ether oxygens (including phenoxy) is 7. The minimum Gasteiger partial charge on any atom is -0.497 e. The second-order valence-electron chi connectivity index (χ2n) is 17.9. The first-order valence-electron chi connectivity index (χ1n) is 22.9. The molecule has 21 nitrogen and oxygen atoms in total. The van der Waals surface area contributed by atoms with Crippen molar-refractivity contribution in [3.63, 3.8) is 0 Å². The van der Waals surface area contributed by atoms with Gasteiger partial charge in [-0.1, -0.05) is 54.6 Å². The summed E-state index contributed by atoms with van der Waals surface area (Å²) in [5.41, 5.74) is -3.17. The lowest BCUT2D eigenvalue weighted by Crippen LogP contribution is -2.39. The van der Waals surface area contributed by atoms with Crippen molar-refractivity contribution >= 4 is 19.5 Å². The summed E-state index contributed by atoms with van der Waals surface area (Å²) >= 11 is 0. The summed E-state index contributed by atoms with van der Waals surface area (Å²) in [6.07, 6.45) is -5.97. The van der Waals surface area contributed by atoms with Gasteiger partial charge in [-0.25, -0.2) is 9.59 Å². The van der Waals surface area contributed by atoms with Crippen LogP contribution in [0.15, 0.2) is 110 Å². The Morgan fingerprint density at radius 3 is 1.72 bits per heavy atom. The van der Waals surface area contributed by atoms with Crippen LogP contribution in [0.3, 0.4) is 0 Å². The zero-order valence-electron chi connectivity index (χ0n) is 40.7. The highest BCUT2D eigenvalue weighted by Crippen LogP contribution is 2.53. The molecule has 2 aliphatic heterocycles. The number of nitrogens with zero attached hydrogens (tertiary/aromatic N) is 3. The van der Waals surface area contributed by atoms with E-state index in [0.717, 1.165) is 16.1 Å². The van der Waals surface area contributed by atoms with Crippen molar-refractivity contribution in [2.45, 2.75) is 102 Å². The molecule has 0 saturated carbocycles. The van der Waals surface area contributed by atoms with Crippen LogP contribution in [0.4, 0.5) is 0 Å². The summed E-state index contributed by atoms with van der Waals surface area (Å²) in [6.45, 7) is 6.18. The average molecular weight is 1010 g/mol. The topological polar surface area (TPSA) is 268 Å². The Balaban J connectivity index is 1.29. The van der Waals surface area contributed by atoms with E-state index in [0.29, 0.717) is 28.2 Å². The quantitative estimate of drug-likeness (QED) is 0.0585. The van der Waals surface area contributed by atoms with Crippen molar-refractivity contribution in [3.05, 3.63) is 161 Å². The second-order valence-corrected chi connectivity index (χ2v) is 19.9. The van der Waals surface area contributed by atoms with E-state index >= 15 is 4.57 Å². The number of rotatable bonds is 20. The molecule has 2 aromatic heterocycles. The zero-order valence-corrected chi connectivity index (χ0v) is 41.6. The average Bonchev–Trinajstić information content (AvgIpc) is 3.93. The third-order valence-corrected chi connectivity index (χ3v) is 14.0. The lowest BCUT2D eigenvalue weighted by atomic mass is 9.80. The summed E-state index contributed by atoms with van der Waals surface area (Å²) in [6, 6.07) is 25.8. The van der Waals surface area contributed by atoms with Gasteiger partial charge < -0.3 is 42.2 Å². The number of aryl methyl sites for hydroxylation is 2. The molecule has 7 atom stereocenters. The predicted octanol–water partition coefficient (Wildman–Crippen LogP) is 5.07. The monoisotopic (exact) mass is 1010 g/mol. The van der Waals surface area contributed by atoms with E-state index in [4.69, 9.17) is 42.2 Å². The van der Waals surface area contributed by atoms with Crippen molar-refractivity contribution < 1.29 is 56.4 Å². The van der Waals surface area contributed by atoms with Crippen LogP contribution in [0.25, 0.3) is 0 Å². The van der Waals surface area contributed by atoms with Gasteiger partial charge >= 0.3 is 30.9 Å². The first-order chi connectivity index (χ1) is 34.3. The third-order valence-electron chi connectivity index (χ3n) is 12.2. The van der Waals surface area contributed by atoms with E-state index in [2.05, 4.69) is 9.97 Å². The van der Waals surface area contributed by atoms with Crippen molar-refractivity contribution in [1.29, 1.82) is 5.26 Å². The van der Waals surface area contributed by atoms with Crippen LogP contribution < -0.4 is 32.0 Å². The van der Waals surface area contributed by atoms with Crippen LogP contribution in [-0.2, 0) is 52.5 Å². The number of carbonyl (C=O) groups excluding carboxylic acids is 2. The number of carbonyl (C=O) groups is 2. The molecule has 4 heterocycles. The second kappa shape index (κ2) is 22.2. The van der Waals surface area contributed by atoms with Crippen LogP contribution in [0.1, 0.15) is 80.3 Å². The van der Waals surface area contributed by atoms with Gasteiger partial charge in [-0.05, 0) is 68.7 Å². The van der Waals surface area contributed by atoms with Crippen molar-refractivity contribution in [2.24, 2.45) is 0 Å². The van der Waals surface area contributed by atoms with Crippen LogP contribution in [0.5, 0.6) is 11.5 Å². The fourth-order valence-electron chi connectivity index (χ4n) is 8.60. The lowest BCUT2D eigenvalue weighted by Gasteiger charge is -2.37. The Hall–Kier alpha value is -6.92. The first kappa shape index (κ1) is 52.9. The summed E-state index contributed by atoms with van der Waals surface area (Å²) in [5, 5.41) is 9.44. The Morgan fingerprint density at radius 1 is 0.750 bits per heavy atom. The molecular formula is C50H56N5O16P. The van der Waals surface area contributed by atoms with Gasteiger partial charge in [-0.15, -0.1) is 0 Å². The smallest absolute Gasteiger partial charge is 0.342 e. The Labute approximate surface area is 413 Å². The minimum atomic E-state index is -4.80. The van der Waals surface area contributed by atoms with Gasteiger partial charge in [0.1, 0.15) is 59.6 Å². The summed E-state index contributed by atoms with van der Waals surface area (Å²) < 4.78 is 72.4. The molecule has 1 unspecified atom stereocenters. The summed E-state index contributed by atoms with van der Waals surface area (Å²) in [7, 11) is -1.71. The molecule has 0 amide bonds. The number of hydrogen-bond acceptors (Lipinski definition) is 17. The number of nitriles is 1. The maximum absolute atomic E-state index is 15.4. The fraction of sp³-hybridized carbons (Fsp3) is 0.420. The Morgan fingerprint density at radius 2 is 1.24 bits per heavy atom. The fourth-order valence-corrected chi connectivity index (χ4v) is 10.2. The third kappa shape index (κ3) is 12.0. The van der Waals surface area contributed by atoms with Gasteiger partial charge in [0.25, 0.3) is 11.1 Å². The molecular weight excluding hydrogens is 958 g/mol. The van der Waals surface area contributed by atoms with Gasteiger partial charge in [-0.3, -0.25) is 42.8 Å². The molecule has 2 saturated heterocycles. The number of benzene rings is 3. The van der Waals surface area contributed by atoms with Crippen molar-refractivity contribution in [2.75, 3.05) is 33.6 Å². The number of methoxy groups -OCH3 is 2. The number of nitrogens with one attached hydrogen (secondary N) is 2. The van der Waals surface area contributed by atoms with E-state index in [9.17, 15) is 34.0 Å². The molecule has 0 spiro atoms. The van der Waals surface area contributed by atoms with Gasteiger partial charge in [0.05, 0.1) is 46.0 Å².